The molecule has 0 aliphatic carbocycles. The summed E-state index contributed by atoms with van der Waals surface area (Å²) in [4.78, 5) is 11.1. The summed E-state index contributed by atoms with van der Waals surface area (Å²) in [6.07, 6.45) is 1.25. The van der Waals surface area contributed by atoms with E-state index in [0.29, 0.717) is 0 Å². The number of sulfonamides is 1. The molecule has 0 aromatic heterocycles. The number of nitrogens with one attached hydrogen (secondary N) is 1. The fourth-order valence-electron chi connectivity index (χ4n) is 1.12. The molecule has 84 valence electrons. The molecule has 1 heterocycles. The maximum Gasteiger partial charge on any atom is 1.00 e. The van der Waals surface area contributed by atoms with Gasteiger partial charge in [0.2, 0.25) is 0 Å². The van der Waals surface area contributed by atoms with Crippen LogP contribution in [0.3, 0.4) is 0 Å². The minimum absolute atomic E-state index is 0. The first-order chi connectivity index (χ1) is 7.03. The Morgan fingerprint density at radius 1 is 1.25 bits per heavy atom. The molecule has 2 rings (SSSR count). The SMILES string of the molecule is CCC.O=C1NS(=O)(=O)c2ccccc21.[H-].[Na+]. The van der Waals surface area contributed by atoms with Crippen molar-refractivity contribution in [2.75, 3.05) is 0 Å². The number of amides is 1. The van der Waals surface area contributed by atoms with Crippen LogP contribution in [0.15, 0.2) is 29.2 Å². The monoisotopic (exact) mass is 251 g/mol. The van der Waals surface area contributed by atoms with Crippen LogP contribution in [0.5, 0.6) is 0 Å². The Kier molecular flexibility index (Phi) is 6.25. The molecule has 1 aromatic rings. The van der Waals surface area contributed by atoms with Gasteiger partial charge in [-0.3, -0.25) is 4.79 Å². The Hall–Kier alpha value is -0.360. The Morgan fingerprint density at radius 3 is 2.25 bits per heavy atom. The zero-order chi connectivity index (χ0) is 11.5. The maximum atomic E-state index is 11.1. The van der Waals surface area contributed by atoms with Gasteiger partial charge < -0.3 is 1.43 Å². The van der Waals surface area contributed by atoms with Crippen molar-refractivity contribution in [3.63, 3.8) is 0 Å². The van der Waals surface area contributed by atoms with Crippen LogP contribution in [-0.4, -0.2) is 14.3 Å². The Morgan fingerprint density at radius 2 is 1.75 bits per heavy atom. The van der Waals surface area contributed by atoms with Gasteiger partial charge in [-0.1, -0.05) is 32.4 Å². The maximum absolute atomic E-state index is 11.1. The van der Waals surface area contributed by atoms with E-state index in [2.05, 4.69) is 13.8 Å². The van der Waals surface area contributed by atoms with E-state index in [0.717, 1.165) is 0 Å². The summed E-state index contributed by atoms with van der Waals surface area (Å²) in [7, 11) is -3.55. The van der Waals surface area contributed by atoms with Gasteiger partial charge in [-0.25, -0.2) is 13.1 Å². The Labute approximate surface area is 119 Å². The van der Waals surface area contributed by atoms with E-state index in [1.807, 2.05) is 4.72 Å². The topological polar surface area (TPSA) is 63.2 Å². The van der Waals surface area contributed by atoms with E-state index in [-0.39, 0.29) is 41.4 Å². The summed E-state index contributed by atoms with van der Waals surface area (Å²) in [6, 6.07) is 6.09. The largest absolute Gasteiger partial charge is 1.00 e. The molecule has 0 atom stereocenters. The molecular formula is C10H14NNaO3S. The minimum Gasteiger partial charge on any atom is -1.00 e. The van der Waals surface area contributed by atoms with Crippen molar-refractivity contribution < 1.29 is 44.2 Å². The van der Waals surface area contributed by atoms with Gasteiger partial charge >= 0.3 is 29.6 Å². The Balaban J connectivity index is 0. The molecule has 0 saturated heterocycles. The first-order valence-corrected chi connectivity index (χ1v) is 6.17. The van der Waals surface area contributed by atoms with Crippen LogP contribution >= 0.6 is 0 Å². The molecule has 4 nitrogen and oxygen atoms in total. The van der Waals surface area contributed by atoms with Crippen molar-refractivity contribution in [1.29, 1.82) is 0 Å². The fourth-order valence-corrected chi connectivity index (χ4v) is 2.29. The van der Waals surface area contributed by atoms with Crippen molar-refractivity contribution in [2.45, 2.75) is 25.2 Å². The van der Waals surface area contributed by atoms with Crippen molar-refractivity contribution in [3.8, 4) is 0 Å². The second kappa shape index (κ2) is 6.39. The Bertz CT molecular complexity index is 476. The summed E-state index contributed by atoms with van der Waals surface area (Å²) >= 11 is 0. The molecule has 0 spiro atoms. The molecule has 1 aromatic carbocycles. The number of rotatable bonds is 0. The summed E-state index contributed by atoms with van der Waals surface area (Å²) in [6.45, 7) is 4.25. The third-order valence-electron chi connectivity index (χ3n) is 1.65. The fraction of sp³-hybridized carbons (Fsp3) is 0.300. The summed E-state index contributed by atoms with van der Waals surface area (Å²) in [5.41, 5.74) is 0.220. The molecule has 0 fully saturated rings. The second-order valence-electron chi connectivity index (χ2n) is 3.14. The van der Waals surface area contributed by atoms with Crippen molar-refractivity contribution in [3.05, 3.63) is 29.8 Å². The van der Waals surface area contributed by atoms with E-state index in [1.54, 1.807) is 12.1 Å². The van der Waals surface area contributed by atoms with Gasteiger partial charge in [0.25, 0.3) is 15.9 Å². The second-order valence-corrected chi connectivity index (χ2v) is 4.79. The summed E-state index contributed by atoms with van der Waals surface area (Å²) in [5, 5.41) is 0. The van der Waals surface area contributed by atoms with E-state index in [4.69, 9.17) is 0 Å². The molecule has 1 amide bonds. The van der Waals surface area contributed by atoms with E-state index in [1.165, 1.54) is 18.6 Å². The zero-order valence-corrected chi connectivity index (χ0v) is 12.5. The van der Waals surface area contributed by atoms with Gasteiger partial charge in [-0.2, -0.15) is 0 Å². The molecule has 0 saturated carbocycles. The number of hydrogen-bond acceptors (Lipinski definition) is 3. The van der Waals surface area contributed by atoms with Gasteiger partial charge in [0, 0.05) is 0 Å². The number of fused-ring (bicyclic) bond motifs is 1. The van der Waals surface area contributed by atoms with Crippen molar-refractivity contribution in [2.24, 2.45) is 0 Å². The average Bonchev–Trinajstić information content (AvgIpc) is 2.40. The zero-order valence-electron chi connectivity index (χ0n) is 10.6. The van der Waals surface area contributed by atoms with E-state index >= 15 is 0 Å². The van der Waals surface area contributed by atoms with Crippen LogP contribution in [0.1, 0.15) is 32.1 Å². The summed E-state index contributed by atoms with van der Waals surface area (Å²) < 4.78 is 24.2. The third-order valence-corrected chi connectivity index (χ3v) is 3.04. The van der Waals surface area contributed by atoms with E-state index < -0.39 is 15.9 Å². The molecule has 6 heteroatoms. The van der Waals surface area contributed by atoms with Crippen LogP contribution in [0.4, 0.5) is 0 Å². The van der Waals surface area contributed by atoms with Crippen LogP contribution in [0, 0.1) is 0 Å². The van der Waals surface area contributed by atoms with Gasteiger partial charge in [0.05, 0.1) is 5.56 Å². The molecule has 1 N–H and O–H groups in total. The predicted octanol–water partition coefficient (Wildman–Crippen LogP) is -1.35. The van der Waals surface area contributed by atoms with Gasteiger partial charge in [-0.05, 0) is 12.1 Å². The molecule has 16 heavy (non-hydrogen) atoms. The minimum atomic E-state index is -3.55. The number of carbonyl (C=O) groups excluding carboxylic acids is 1. The van der Waals surface area contributed by atoms with Gasteiger partial charge in [0.15, 0.2) is 0 Å². The molecule has 1 aliphatic rings. The third kappa shape index (κ3) is 3.31. The molecule has 0 radical (unpaired) electrons. The molecule has 1 aliphatic heterocycles. The van der Waals surface area contributed by atoms with Crippen molar-refractivity contribution in [1.82, 2.24) is 4.72 Å². The normalized spacial score (nSPS) is 15.0. The van der Waals surface area contributed by atoms with Crippen LogP contribution in [0.25, 0.3) is 0 Å². The van der Waals surface area contributed by atoms with Gasteiger partial charge in [-0.15, -0.1) is 0 Å². The average molecular weight is 251 g/mol. The molecular weight excluding hydrogens is 237 g/mol. The van der Waals surface area contributed by atoms with E-state index in [9.17, 15) is 13.2 Å². The summed E-state index contributed by atoms with van der Waals surface area (Å²) in [5.74, 6) is -0.550. The first-order valence-electron chi connectivity index (χ1n) is 4.69. The smallest absolute Gasteiger partial charge is 1.00 e. The quantitative estimate of drug-likeness (QED) is 0.580. The first kappa shape index (κ1) is 15.6. The number of carbonyl (C=O) groups is 1. The van der Waals surface area contributed by atoms with Crippen molar-refractivity contribution >= 4 is 15.9 Å². The molecule has 0 bridgehead atoms. The number of benzene rings is 1. The van der Waals surface area contributed by atoms with Crippen LogP contribution in [-0.2, 0) is 10.0 Å². The predicted molar refractivity (Wildman–Crippen MR) is 58.2 cm³/mol. The molecule has 0 unspecified atom stereocenters. The van der Waals surface area contributed by atoms with Crippen LogP contribution in [0.2, 0.25) is 0 Å². The van der Waals surface area contributed by atoms with Crippen LogP contribution < -0.4 is 34.3 Å². The standard InChI is InChI=1S/C7H5NO3S.C3H8.Na.H/c9-7-5-3-1-2-4-6(5)12(10,11)8-7;1-3-2;;/h1-4H,(H,8,9);3H2,1-2H3;;/q;;+1;-1. The van der Waals surface area contributed by atoms with Gasteiger partial charge in [0.1, 0.15) is 4.90 Å². The number of hydrogen-bond donors (Lipinski definition) is 1.